The highest BCUT2D eigenvalue weighted by atomic mass is 16.5. The normalized spacial score (nSPS) is 10.3. The van der Waals surface area contributed by atoms with Crippen LogP contribution >= 0.6 is 0 Å². The second-order valence-corrected chi connectivity index (χ2v) is 5.63. The lowest BCUT2D eigenvalue weighted by Crippen LogP contribution is -2.31. The molecule has 1 aromatic heterocycles. The van der Waals surface area contributed by atoms with Crippen molar-refractivity contribution in [2.24, 2.45) is 0 Å². The van der Waals surface area contributed by atoms with Crippen molar-refractivity contribution in [3.63, 3.8) is 0 Å². The van der Waals surface area contributed by atoms with Gasteiger partial charge in [0.15, 0.2) is 0 Å². The van der Waals surface area contributed by atoms with Crippen LogP contribution in [0.1, 0.15) is 10.4 Å². The maximum Gasteiger partial charge on any atom is 0.255 e. The van der Waals surface area contributed by atoms with Crippen LogP contribution < -0.4 is 15.6 Å². The number of hydrogen-bond donors (Lipinski definition) is 1. The molecule has 1 N–H and O–H groups in total. The van der Waals surface area contributed by atoms with Gasteiger partial charge in [0, 0.05) is 24.7 Å². The van der Waals surface area contributed by atoms with Crippen LogP contribution in [0.25, 0.3) is 11.3 Å². The Balaban J connectivity index is 1.63. The zero-order valence-electron chi connectivity index (χ0n) is 14.4. The molecule has 6 nitrogen and oxygen atoms in total. The van der Waals surface area contributed by atoms with Gasteiger partial charge in [-0.15, -0.1) is 0 Å². The van der Waals surface area contributed by atoms with Gasteiger partial charge in [0.2, 0.25) is 0 Å². The predicted octanol–water partition coefficient (Wildman–Crippen LogP) is 2.35. The SMILES string of the molecule is COc1ccccc1C(=O)NCCn1cnc(-c2ccccc2)cc1=O. The Labute approximate surface area is 151 Å². The molecule has 0 saturated heterocycles. The summed E-state index contributed by atoms with van der Waals surface area (Å²) in [7, 11) is 1.52. The van der Waals surface area contributed by atoms with Gasteiger partial charge in [-0.25, -0.2) is 4.98 Å². The number of benzene rings is 2. The quantitative estimate of drug-likeness (QED) is 0.741. The molecule has 0 aliphatic carbocycles. The van der Waals surface area contributed by atoms with E-state index >= 15 is 0 Å². The Kier molecular flexibility index (Phi) is 5.43. The van der Waals surface area contributed by atoms with E-state index in [4.69, 9.17) is 4.74 Å². The number of aromatic nitrogens is 2. The standard InChI is InChI=1S/C20H19N3O3/c1-26-18-10-6-5-9-16(18)20(25)21-11-12-23-14-22-17(13-19(23)24)15-7-3-2-4-8-15/h2-10,13-14H,11-12H2,1H3,(H,21,25). The first-order chi connectivity index (χ1) is 12.7. The van der Waals surface area contributed by atoms with Gasteiger partial charge in [-0.05, 0) is 12.1 Å². The van der Waals surface area contributed by atoms with E-state index in [0.29, 0.717) is 30.1 Å². The molecule has 1 heterocycles. The van der Waals surface area contributed by atoms with E-state index in [-0.39, 0.29) is 11.5 Å². The summed E-state index contributed by atoms with van der Waals surface area (Å²) in [5.74, 6) is 0.264. The van der Waals surface area contributed by atoms with Crippen LogP contribution in [0.3, 0.4) is 0 Å². The molecule has 3 aromatic rings. The van der Waals surface area contributed by atoms with Crippen molar-refractivity contribution >= 4 is 5.91 Å². The smallest absolute Gasteiger partial charge is 0.255 e. The highest BCUT2D eigenvalue weighted by Crippen LogP contribution is 2.16. The minimum absolute atomic E-state index is 0.162. The molecule has 2 aromatic carbocycles. The van der Waals surface area contributed by atoms with Crippen molar-refractivity contribution in [3.05, 3.63) is 82.9 Å². The molecule has 26 heavy (non-hydrogen) atoms. The van der Waals surface area contributed by atoms with Gasteiger partial charge >= 0.3 is 0 Å². The first-order valence-corrected chi connectivity index (χ1v) is 8.22. The molecule has 0 unspecified atom stereocenters. The number of nitrogens with one attached hydrogen (secondary N) is 1. The Morgan fingerprint density at radius 2 is 1.85 bits per heavy atom. The largest absolute Gasteiger partial charge is 0.496 e. The number of para-hydroxylation sites is 1. The van der Waals surface area contributed by atoms with Crippen LogP contribution in [0.2, 0.25) is 0 Å². The fraction of sp³-hybridized carbons (Fsp3) is 0.150. The maximum atomic E-state index is 12.2. The molecule has 1 amide bonds. The number of hydrogen-bond acceptors (Lipinski definition) is 4. The minimum atomic E-state index is -0.246. The number of carbonyl (C=O) groups is 1. The number of nitrogens with zero attached hydrogens (tertiary/aromatic N) is 2. The lowest BCUT2D eigenvalue weighted by atomic mass is 10.1. The van der Waals surface area contributed by atoms with Gasteiger partial charge in [0.25, 0.3) is 11.5 Å². The summed E-state index contributed by atoms with van der Waals surface area (Å²) in [6.07, 6.45) is 1.50. The molecule has 3 rings (SSSR count). The highest BCUT2D eigenvalue weighted by molar-refractivity contribution is 5.96. The lowest BCUT2D eigenvalue weighted by molar-refractivity contribution is 0.0949. The summed E-state index contributed by atoms with van der Waals surface area (Å²) < 4.78 is 6.65. The lowest BCUT2D eigenvalue weighted by Gasteiger charge is -2.10. The minimum Gasteiger partial charge on any atom is -0.496 e. The average molecular weight is 349 g/mol. The number of ether oxygens (including phenoxy) is 1. The first-order valence-electron chi connectivity index (χ1n) is 8.22. The second kappa shape index (κ2) is 8.11. The Hall–Kier alpha value is -3.41. The topological polar surface area (TPSA) is 73.2 Å². The molecule has 0 bridgehead atoms. The van der Waals surface area contributed by atoms with Crippen LogP contribution in [0.4, 0.5) is 0 Å². The summed E-state index contributed by atoms with van der Waals surface area (Å²) in [6, 6.07) is 18.0. The highest BCUT2D eigenvalue weighted by Gasteiger charge is 2.10. The van der Waals surface area contributed by atoms with Crippen LogP contribution in [0, 0.1) is 0 Å². The van der Waals surface area contributed by atoms with Gasteiger partial charge < -0.3 is 10.1 Å². The number of amides is 1. The van der Waals surface area contributed by atoms with E-state index in [1.807, 2.05) is 30.3 Å². The van der Waals surface area contributed by atoms with Crippen molar-refractivity contribution < 1.29 is 9.53 Å². The van der Waals surface area contributed by atoms with Crippen molar-refractivity contribution in [1.29, 1.82) is 0 Å². The summed E-state index contributed by atoms with van der Waals surface area (Å²) in [4.78, 5) is 28.8. The van der Waals surface area contributed by atoms with Gasteiger partial charge in [-0.3, -0.25) is 14.2 Å². The predicted molar refractivity (Wildman–Crippen MR) is 99.3 cm³/mol. The van der Waals surface area contributed by atoms with Gasteiger partial charge in [-0.2, -0.15) is 0 Å². The Bertz CT molecular complexity index is 952. The van der Waals surface area contributed by atoms with E-state index in [9.17, 15) is 9.59 Å². The van der Waals surface area contributed by atoms with Gasteiger partial charge in [-0.1, -0.05) is 42.5 Å². The molecule has 0 spiro atoms. The van der Waals surface area contributed by atoms with Crippen molar-refractivity contribution in [2.75, 3.05) is 13.7 Å². The summed E-state index contributed by atoms with van der Waals surface area (Å²) in [5, 5.41) is 2.79. The first kappa shape index (κ1) is 17.4. The van der Waals surface area contributed by atoms with E-state index in [1.165, 1.54) is 24.1 Å². The second-order valence-electron chi connectivity index (χ2n) is 5.63. The molecule has 132 valence electrons. The molecule has 0 aliphatic heterocycles. The fourth-order valence-corrected chi connectivity index (χ4v) is 2.58. The zero-order chi connectivity index (χ0) is 18.4. The van der Waals surface area contributed by atoms with Crippen molar-refractivity contribution in [2.45, 2.75) is 6.54 Å². The summed E-state index contributed by atoms with van der Waals surface area (Å²) in [5.41, 5.74) is 1.82. The third-order valence-corrected chi connectivity index (χ3v) is 3.94. The fourth-order valence-electron chi connectivity index (χ4n) is 2.58. The molecule has 0 fully saturated rings. The van der Waals surface area contributed by atoms with E-state index in [2.05, 4.69) is 10.3 Å². The number of methoxy groups -OCH3 is 1. The molecule has 6 heteroatoms. The average Bonchev–Trinajstić information content (AvgIpc) is 2.69. The van der Waals surface area contributed by atoms with Crippen LogP contribution in [-0.2, 0) is 6.54 Å². The maximum absolute atomic E-state index is 12.2. The molecule has 0 radical (unpaired) electrons. The summed E-state index contributed by atoms with van der Waals surface area (Å²) in [6.45, 7) is 0.644. The molecule has 0 atom stereocenters. The van der Waals surface area contributed by atoms with E-state index in [0.717, 1.165) is 5.56 Å². The van der Waals surface area contributed by atoms with E-state index < -0.39 is 0 Å². The third-order valence-electron chi connectivity index (χ3n) is 3.94. The van der Waals surface area contributed by atoms with Gasteiger partial charge in [0.05, 0.1) is 24.7 Å². The van der Waals surface area contributed by atoms with Crippen molar-refractivity contribution in [1.82, 2.24) is 14.9 Å². The monoisotopic (exact) mass is 349 g/mol. The Morgan fingerprint density at radius 3 is 2.58 bits per heavy atom. The van der Waals surface area contributed by atoms with E-state index in [1.54, 1.807) is 24.3 Å². The van der Waals surface area contributed by atoms with Crippen LogP contribution in [-0.4, -0.2) is 29.1 Å². The summed E-state index contributed by atoms with van der Waals surface area (Å²) >= 11 is 0. The molecule has 0 saturated carbocycles. The van der Waals surface area contributed by atoms with Crippen LogP contribution in [0.5, 0.6) is 5.75 Å². The third kappa shape index (κ3) is 3.97. The molecule has 0 aliphatic rings. The number of rotatable bonds is 6. The zero-order valence-corrected chi connectivity index (χ0v) is 14.4. The molecular formula is C20H19N3O3. The van der Waals surface area contributed by atoms with Crippen molar-refractivity contribution in [3.8, 4) is 17.0 Å². The Morgan fingerprint density at radius 1 is 1.12 bits per heavy atom. The molecular weight excluding hydrogens is 330 g/mol. The van der Waals surface area contributed by atoms with Crippen LogP contribution in [0.15, 0.2) is 71.8 Å². The van der Waals surface area contributed by atoms with Gasteiger partial charge in [0.1, 0.15) is 5.75 Å². The number of carbonyl (C=O) groups excluding carboxylic acids is 1.